The van der Waals surface area contributed by atoms with E-state index in [-0.39, 0.29) is 50.8 Å². The highest BCUT2D eigenvalue weighted by atomic mass is 16.6. The molecule has 0 aliphatic carbocycles. The summed E-state index contributed by atoms with van der Waals surface area (Å²) in [5, 5.41) is 17.5. The van der Waals surface area contributed by atoms with Gasteiger partial charge in [-0.25, -0.2) is 23.7 Å². The van der Waals surface area contributed by atoms with Crippen molar-refractivity contribution in [3.63, 3.8) is 0 Å². The minimum Gasteiger partial charge on any atom is -0.460 e. The largest absolute Gasteiger partial charge is 0.460 e. The highest BCUT2D eigenvalue weighted by Gasteiger charge is 2.33. The van der Waals surface area contributed by atoms with Crippen LogP contribution in [0.3, 0.4) is 0 Å². The zero-order chi connectivity index (χ0) is 45.0. The molecule has 0 unspecified atom stereocenters. The van der Waals surface area contributed by atoms with E-state index < -0.39 is 58.5 Å². The van der Waals surface area contributed by atoms with Gasteiger partial charge in [-0.15, -0.1) is 10.2 Å². The first-order chi connectivity index (χ1) is 27.6. The quantitative estimate of drug-likeness (QED) is 0.136. The van der Waals surface area contributed by atoms with Gasteiger partial charge in [0.25, 0.3) is 5.91 Å². The monoisotopic (exact) mass is 836 g/mol. The Morgan fingerprint density at radius 1 is 0.600 bits per heavy atom. The van der Waals surface area contributed by atoms with Crippen LogP contribution in [0.25, 0.3) is 22.5 Å². The molecular weight excluding hydrogens is 773 g/mol. The molecule has 2 atom stereocenters. The van der Waals surface area contributed by atoms with Gasteiger partial charge in [-0.2, -0.15) is 0 Å². The molecule has 4 rings (SSSR count). The van der Waals surface area contributed by atoms with E-state index in [0.29, 0.717) is 34.5 Å². The van der Waals surface area contributed by atoms with Gasteiger partial charge in [0.2, 0.25) is 0 Å². The number of hydrogen-bond acceptors (Lipinski definition) is 13. The van der Waals surface area contributed by atoms with E-state index in [0.717, 1.165) is 0 Å². The smallest absolute Gasteiger partial charge is 0.410 e. The SMILES string of the molecule is CC(C)C[C@@H](C(=O)OC(C)(C)C)n1cc(-c2cc(C(=O)N3CCN(C(=O)OC(C)(C)C)CC3)cc(-c3cn([C@@H](CCC(=O)OC(C)(C)C)C(=O)OC(C)(C)C)nn3)c2)nn1. The van der Waals surface area contributed by atoms with Crippen LogP contribution in [0.1, 0.15) is 139 Å². The maximum absolute atomic E-state index is 14.3. The van der Waals surface area contributed by atoms with Crippen molar-refractivity contribution in [2.45, 2.75) is 151 Å². The Labute approximate surface area is 353 Å². The molecule has 330 valence electrons. The number of piperazine rings is 1. The summed E-state index contributed by atoms with van der Waals surface area (Å²) >= 11 is 0. The number of nitrogens with zero attached hydrogens (tertiary/aromatic N) is 8. The van der Waals surface area contributed by atoms with E-state index in [1.54, 1.807) is 123 Å². The molecule has 2 aromatic heterocycles. The maximum atomic E-state index is 14.3. The highest BCUT2D eigenvalue weighted by Crippen LogP contribution is 2.31. The van der Waals surface area contributed by atoms with Crippen molar-refractivity contribution in [2.75, 3.05) is 26.2 Å². The van der Waals surface area contributed by atoms with Gasteiger partial charge < -0.3 is 28.7 Å². The van der Waals surface area contributed by atoms with Gasteiger partial charge in [-0.1, -0.05) is 24.3 Å². The van der Waals surface area contributed by atoms with Crippen LogP contribution >= 0.6 is 0 Å². The zero-order valence-corrected chi connectivity index (χ0v) is 37.8. The summed E-state index contributed by atoms with van der Waals surface area (Å²) in [6, 6.07) is 3.38. The maximum Gasteiger partial charge on any atom is 0.410 e. The lowest BCUT2D eigenvalue weighted by atomic mass is 10.0. The molecule has 1 saturated heterocycles. The summed E-state index contributed by atoms with van der Waals surface area (Å²) < 4.78 is 25.3. The molecule has 2 amide bonds. The Bertz CT molecular complexity index is 2000. The third-order valence-corrected chi connectivity index (χ3v) is 8.74. The van der Waals surface area contributed by atoms with Gasteiger partial charge in [-0.3, -0.25) is 9.59 Å². The molecule has 1 fully saturated rings. The fourth-order valence-electron chi connectivity index (χ4n) is 6.27. The number of rotatable bonds is 12. The van der Waals surface area contributed by atoms with Crippen LogP contribution < -0.4 is 0 Å². The molecule has 17 nitrogen and oxygen atoms in total. The number of hydrogen-bond donors (Lipinski definition) is 0. The van der Waals surface area contributed by atoms with Crippen molar-refractivity contribution >= 4 is 29.9 Å². The summed E-state index contributed by atoms with van der Waals surface area (Å²) in [4.78, 5) is 69.9. The van der Waals surface area contributed by atoms with Crippen LogP contribution in [0.5, 0.6) is 0 Å². The summed E-state index contributed by atoms with van der Waals surface area (Å²) in [6.07, 6.45) is 3.17. The van der Waals surface area contributed by atoms with Crippen molar-refractivity contribution in [3.8, 4) is 22.5 Å². The van der Waals surface area contributed by atoms with Crippen LogP contribution in [0.2, 0.25) is 0 Å². The van der Waals surface area contributed by atoms with Crippen LogP contribution in [0, 0.1) is 5.92 Å². The van der Waals surface area contributed by atoms with Crippen LogP contribution in [-0.4, -0.2) is 118 Å². The molecule has 0 bridgehead atoms. The molecule has 0 N–H and O–H groups in total. The van der Waals surface area contributed by atoms with Crippen molar-refractivity contribution in [1.82, 2.24) is 39.8 Å². The third-order valence-electron chi connectivity index (χ3n) is 8.74. The summed E-state index contributed by atoms with van der Waals surface area (Å²) in [7, 11) is 0. The Balaban J connectivity index is 1.75. The van der Waals surface area contributed by atoms with Crippen molar-refractivity contribution in [3.05, 3.63) is 36.2 Å². The normalized spacial score (nSPS) is 15.1. The average Bonchev–Trinajstić information content (AvgIpc) is 3.78. The first-order valence-electron chi connectivity index (χ1n) is 20.5. The van der Waals surface area contributed by atoms with Gasteiger partial charge >= 0.3 is 24.0 Å². The van der Waals surface area contributed by atoms with E-state index in [4.69, 9.17) is 18.9 Å². The Kier molecular flexibility index (Phi) is 14.6. The average molecular weight is 837 g/mol. The fourth-order valence-corrected chi connectivity index (χ4v) is 6.27. The predicted octanol–water partition coefficient (Wildman–Crippen LogP) is 6.83. The number of amides is 2. The van der Waals surface area contributed by atoms with E-state index >= 15 is 0 Å². The molecule has 0 saturated carbocycles. The van der Waals surface area contributed by atoms with Crippen molar-refractivity contribution in [1.29, 1.82) is 0 Å². The van der Waals surface area contributed by atoms with E-state index in [9.17, 15) is 24.0 Å². The van der Waals surface area contributed by atoms with Crippen LogP contribution in [-0.2, 0) is 33.3 Å². The molecule has 60 heavy (non-hydrogen) atoms. The number of ether oxygens (including phenoxy) is 4. The first-order valence-corrected chi connectivity index (χ1v) is 20.5. The van der Waals surface area contributed by atoms with Gasteiger partial charge in [0.1, 0.15) is 33.8 Å². The van der Waals surface area contributed by atoms with Crippen LogP contribution in [0.4, 0.5) is 4.79 Å². The topological polar surface area (TPSA) is 190 Å². The Morgan fingerprint density at radius 2 is 1.03 bits per heavy atom. The summed E-state index contributed by atoms with van der Waals surface area (Å²) in [5.41, 5.74) is -0.903. The van der Waals surface area contributed by atoms with Gasteiger partial charge in [0, 0.05) is 49.3 Å². The van der Waals surface area contributed by atoms with E-state index in [1.165, 1.54) is 9.36 Å². The molecule has 0 spiro atoms. The first kappa shape index (κ1) is 47.3. The molecular formula is C43H64N8O9. The number of esters is 3. The molecule has 17 heteroatoms. The molecule has 1 aliphatic heterocycles. The molecule has 1 aliphatic rings. The van der Waals surface area contributed by atoms with Gasteiger partial charge in [-0.05, 0) is 120 Å². The lowest BCUT2D eigenvalue weighted by Gasteiger charge is -2.35. The number of carbonyl (C=O) groups is 5. The van der Waals surface area contributed by atoms with E-state index in [1.807, 2.05) is 13.8 Å². The lowest BCUT2D eigenvalue weighted by Crippen LogP contribution is -2.51. The second kappa shape index (κ2) is 18.5. The third kappa shape index (κ3) is 14.1. The molecule has 1 aromatic carbocycles. The summed E-state index contributed by atoms with van der Waals surface area (Å²) in [6.45, 7) is 26.5. The number of benzene rings is 1. The molecule has 0 radical (unpaired) electrons. The van der Waals surface area contributed by atoms with E-state index in [2.05, 4.69) is 20.6 Å². The van der Waals surface area contributed by atoms with Gasteiger partial charge in [0.05, 0.1) is 12.4 Å². The van der Waals surface area contributed by atoms with Crippen molar-refractivity contribution in [2.24, 2.45) is 5.92 Å². The zero-order valence-electron chi connectivity index (χ0n) is 37.8. The Hall–Kier alpha value is -5.35. The van der Waals surface area contributed by atoms with Gasteiger partial charge in [0.15, 0.2) is 12.1 Å². The van der Waals surface area contributed by atoms with Crippen LogP contribution in [0.15, 0.2) is 30.6 Å². The predicted molar refractivity (Wildman–Crippen MR) is 222 cm³/mol. The second-order valence-corrected chi connectivity index (χ2v) is 19.6. The summed E-state index contributed by atoms with van der Waals surface area (Å²) in [5.74, 6) is -1.68. The van der Waals surface area contributed by atoms with Crippen molar-refractivity contribution < 1.29 is 42.9 Å². The Morgan fingerprint density at radius 3 is 1.48 bits per heavy atom. The minimum atomic E-state index is -1.02. The number of carbonyl (C=O) groups excluding carboxylic acids is 5. The highest BCUT2D eigenvalue weighted by molar-refractivity contribution is 5.97. The second-order valence-electron chi connectivity index (χ2n) is 19.6. The minimum absolute atomic E-state index is 0.0317. The number of aromatic nitrogens is 6. The fraction of sp³-hybridized carbons (Fsp3) is 0.651. The lowest BCUT2D eigenvalue weighted by molar-refractivity contribution is -0.162. The molecule has 3 heterocycles. The standard InChI is InChI=1S/C43H64N8O9/c1-27(2)21-34(38(55)59-42(9,10)11)51-26-32(45-47-51)29-22-28(23-30(24-29)36(53)48-17-19-49(20-18-48)39(56)60-43(12,13)14)31-25-50(46-44-31)33(37(54)58-41(6,7)8)15-16-35(52)57-40(3,4)5/h22-27,33-34H,15-21H2,1-14H3/t33-,34-/m0/s1. The molecule has 3 aromatic rings.